The van der Waals surface area contributed by atoms with Gasteiger partial charge in [0.2, 0.25) is 0 Å². The van der Waals surface area contributed by atoms with Gasteiger partial charge in [0.25, 0.3) is 0 Å². The van der Waals surface area contributed by atoms with Crippen molar-refractivity contribution < 1.29 is 10.2 Å². The van der Waals surface area contributed by atoms with Crippen LogP contribution in [-0.4, -0.2) is 43.6 Å². The van der Waals surface area contributed by atoms with Crippen LogP contribution in [0.3, 0.4) is 0 Å². The molecule has 0 fully saturated rings. The Bertz CT molecular complexity index is 670. The SMILES string of the molecule is C[Si](C)(CCCNc1ccc(CCC(N)(CO)CO)cc1)c1ccccc1. The van der Waals surface area contributed by atoms with Crippen LogP contribution >= 0.6 is 0 Å². The molecule has 0 aliphatic heterocycles. The van der Waals surface area contributed by atoms with Gasteiger partial charge in [0.1, 0.15) is 0 Å². The second-order valence-electron chi connectivity index (χ2n) is 8.16. The lowest BCUT2D eigenvalue weighted by Gasteiger charge is -2.24. The van der Waals surface area contributed by atoms with Crippen molar-refractivity contribution in [2.24, 2.45) is 5.73 Å². The summed E-state index contributed by atoms with van der Waals surface area (Å²) in [5, 5.41) is 23.6. The summed E-state index contributed by atoms with van der Waals surface area (Å²) in [6, 6.07) is 20.5. The summed E-state index contributed by atoms with van der Waals surface area (Å²) in [7, 11) is -1.36. The third-order valence-electron chi connectivity index (χ3n) is 5.36. The average Bonchev–Trinajstić information content (AvgIpc) is 2.71. The van der Waals surface area contributed by atoms with Gasteiger partial charge < -0.3 is 21.3 Å². The molecule has 5 N–H and O–H groups in total. The molecule has 27 heavy (non-hydrogen) atoms. The van der Waals surface area contributed by atoms with E-state index in [4.69, 9.17) is 5.73 Å². The summed E-state index contributed by atoms with van der Waals surface area (Å²) in [4.78, 5) is 0. The predicted octanol–water partition coefficient (Wildman–Crippen LogP) is 2.72. The van der Waals surface area contributed by atoms with Gasteiger partial charge in [0.15, 0.2) is 0 Å². The highest BCUT2D eigenvalue weighted by Crippen LogP contribution is 2.16. The highest BCUT2D eigenvalue weighted by molar-refractivity contribution is 6.89. The van der Waals surface area contributed by atoms with Crippen LogP contribution in [0, 0.1) is 0 Å². The molecule has 2 rings (SSSR count). The number of nitrogens with one attached hydrogen (secondary N) is 1. The molecule has 5 heteroatoms. The summed E-state index contributed by atoms with van der Waals surface area (Å²) in [6.07, 6.45) is 2.47. The van der Waals surface area contributed by atoms with E-state index in [0.29, 0.717) is 6.42 Å². The number of aliphatic hydroxyl groups is 2. The van der Waals surface area contributed by atoms with Crippen LogP contribution in [0.15, 0.2) is 54.6 Å². The third kappa shape index (κ3) is 6.77. The zero-order valence-corrected chi connectivity index (χ0v) is 17.6. The fourth-order valence-electron chi connectivity index (χ4n) is 3.19. The van der Waals surface area contributed by atoms with Gasteiger partial charge in [-0.2, -0.15) is 0 Å². The minimum atomic E-state index is -1.36. The van der Waals surface area contributed by atoms with Gasteiger partial charge in [-0.25, -0.2) is 0 Å². The standard InChI is InChI=1S/C22H34N2O2Si/c1-27(2,21-7-4-3-5-8-21)16-6-15-24-20-11-9-19(10-12-20)13-14-22(23,17-25)18-26/h3-5,7-12,24-26H,6,13-18,23H2,1-2H3. The van der Waals surface area contributed by atoms with E-state index in [2.05, 4.69) is 73.0 Å². The highest BCUT2D eigenvalue weighted by atomic mass is 28.3. The van der Waals surface area contributed by atoms with E-state index in [1.54, 1.807) is 0 Å². The maximum atomic E-state index is 9.27. The van der Waals surface area contributed by atoms with Crippen LogP contribution in [0.1, 0.15) is 18.4 Å². The maximum Gasteiger partial charge on any atom is 0.0807 e. The lowest BCUT2D eigenvalue weighted by Crippen LogP contribution is -2.47. The Kier molecular flexibility index (Phi) is 8.04. The first-order valence-electron chi connectivity index (χ1n) is 9.77. The molecule has 0 heterocycles. The summed E-state index contributed by atoms with van der Waals surface area (Å²) in [5.74, 6) is 0. The second-order valence-corrected chi connectivity index (χ2v) is 13.0. The Morgan fingerprint density at radius 2 is 1.59 bits per heavy atom. The molecular formula is C22H34N2O2Si. The van der Waals surface area contributed by atoms with Crippen molar-refractivity contribution in [1.29, 1.82) is 0 Å². The second kappa shape index (κ2) is 10.0. The number of rotatable bonds is 11. The van der Waals surface area contributed by atoms with Crippen LogP contribution < -0.4 is 16.2 Å². The molecule has 148 valence electrons. The minimum absolute atomic E-state index is 0.203. The highest BCUT2D eigenvalue weighted by Gasteiger charge is 2.23. The number of aryl methyl sites for hydroxylation is 1. The monoisotopic (exact) mass is 386 g/mol. The van der Waals surface area contributed by atoms with E-state index in [1.807, 2.05) is 0 Å². The van der Waals surface area contributed by atoms with Crippen molar-refractivity contribution in [2.45, 2.75) is 43.9 Å². The van der Waals surface area contributed by atoms with Crippen LogP contribution in [-0.2, 0) is 6.42 Å². The van der Waals surface area contributed by atoms with Gasteiger partial charge in [-0.15, -0.1) is 0 Å². The van der Waals surface area contributed by atoms with Gasteiger partial charge in [-0.1, -0.05) is 66.8 Å². The molecule has 0 aromatic heterocycles. The van der Waals surface area contributed by atoms with Gasteiger partial charge >= 0.3 is 0 Å². The van der Waals surface area contributed by atoms with E-state index in [9.17, 15) is 10.2 Å². The van der Waals surface area contributed by atoms with Gasteiger partial charge in [0.05, 0.1) is 26.8 Å². The summed E-state index contributed by atoms with van der Waals surface area (Å²) >= 11 is 0. The van der Waals surface area contributed by atoms with E-state index < -0.39 is 13.6 Å². The smallest absolute Gasteiger partial charge is 0.0807 e. The summed E-state index contributed by atoms with van der Waals surface area (Å²) in [5.41, 5.74) is 7.32. The van der Waals surface area contributed by atoms with Crippen molar-refractivity contribution in [2.75, 3.05) is 25.1 Å². The van der Waals surface area contributed by atoms with E-state index in [-0.39, 0.29) is 13.2 Å². The number of anilines is 1. The first kappa shape index (κ1) is 21.6. The van der Waals surface area contributed by atoms with Crippen LogP contribution in [0.4, 0.5) is 5.69 Å². The van der Waals surface area contributed by atoms with Crippen LogP contribution in [0.25, 0.3) is 0 Å². The molecule has 2 aromatic carbocycles. The third-order valence-corrected chi connectivity index (χ3v) is 8.86. The molecule has 0 radical (unpaired) electrons. The molecule has 0 aliphatic carbocycles. The molecule has 0 saturated heterocycles. The minimum Gasteiger partial charge on any atom is -0.394 e. The fraction of sp³-hybridized carbons (Fsp3) is 0.455. The summed E-state index contributed by atoms with van der Waals surface area (Å²) < 4.78 is 0. The van der Waals surface area contributed by atoms with E-state index in [1.165, 1.54) is 17.7 Å². The predicted molar refractivity (Wildman–Crippen MR) is 117 cm³/mol. The molecule has 4 nitrogen and oxygen atoms in total. The van der Waals surface area contributed by atoms with Crippen molar-refractivity contribution >= 4 is 18.9 Å². The number of hydrogen-bond acceptors (Lipinski definition) is 4. The number of nitrogens with two attached hydrogens (primary N) is 1. The van der Waals surface area contributed by atoms with Crippen LogP contribution in [0.5, 0.6) is 0 Å². The Morgan fingerprint density at radius 3 is 2.19 bits per heavy atom. The first-order chi connectivity index (χ1) is 12.9. The lowest BCUT2D eigenvalue weighted by molar-refractivity contribution is 0.115. The normalized spacial score (nSPS) is 12.2. The van der Waals surface area contributed by atoms with E-state index >= 15 is 0 Å². The lowest BCUT2D eigenvalue weighted by atomic mass is 9.94. The Balaban J connectivity index is 1.75. The Morgan fingerprint density at radius 1 is 0.963 bits per heavy atom. The van der Waals surface area contributed by atoms with Gasteiger partial charge in [-0.05, 0) is 37.0 Å². The molecule has 0 spiro atoms. The molecule has 0 atom stereocenters. The topological polar surface area (TPSA) is 78.5 Å². The molecule has 0 unspecified atom stereocenters. The zero-order valence-electron chi connectivity index (χ0n) is 16.6. The molecule has 0 amide bonds. The zero-order chi connectivity index (χ0) is 19.8. The maximum absolute atomic E-state index is 9.27. The average molecular weight is 387 g/mol. The van der Waals surface area contributed by atoms with Crippen molar-refractivity contribution in [3.05, 3.63) is 60.2 Å². The number of hydrogen-bond donors (Lipinski definition) is 4. The quantitative estimate of drug-likeness (QED) is 0.354. The van der Waals surface area contributed by atoms with Crippen molar-refractivity contribution in [1.82, 2.24) is 0 Å². The summed E-state index contributed by atoms with van der Waals surface area (Å²) in [6.45, 7) is 5.45. The Labute approximate surface area is 164 Å². The number of benzene rings is 2. The molecule has 0 aliphatic rings. The molecule has 0 bridgehead atoms. The largest absolute Gasteiger partial charge is 0.394 e. The van der Waals surface area contributed by atoms with Gasteiger partial charge in [-0.3, -0.25) is 0 Å². The van der Waals surface area contributed by atoms with Crippen molar-refractivity contribution in [3.63, 3.8) is 0 Å². The van der Waals surface area contributed by atoms with Crippen LogP contribution in [0.2, 0.25) is 19.1 Å². The molecule has 2 aromatic rings. The number of aliphatic hydroxyl groups excluding tert-OH is 2. The van der Waals surface area contributed by atoms with Crippen molar-refractivity contribution in [3.8, 4) is 0 Å². The molecular weight excluding hydrogens is 352 g/mol. The van der Waals surface area contributed by atoms with E-state index in [0.717, 1.165) is 24.2 Å². The first-order valence-corrected chi connectivity index (χ1v) is 13.0. The Hall–Kier alpha value is -1.66. The molecule has 0 saturated carbocycles. The van der Waals surface area contributed by atoms with Gasteiger partial charge in [0, 0.05) is 12.2 Å². The fourth-order valence-corrected chi connectivity index (χ4v) is 5.63.